The number of aromatic carboxylic acids is 1. The Morgan fingerprint density at radius 3 is 2.44 bits per heavy atom. The molecule has 0 aromatic heterocycles. The van der Waals surface area contributed by atoms with Crippen LogP contribution >= 0.6 is 11.6 Å². The fraction of sp³-hybridized carbons (Fsp3) is 0. The zero-order chi connectivity index (χ0) is 13.1. The van der Waals surface area contributed by atoms with Crippen LogP contribution in [0.2, 0.25) is 5.02 Å². The van der Waals surface area contributed by atoms with Crippen molar-refractivity contribution in [3.63, 3.8) is 0 Å². The maximum absolute atomic E-state index is 11.1. The molecule has 0 atom stereocenters. The number of carbonyl (C=O) groups is 1. The predicted octanol–water partition coefficient (Wildman–Crippen LogP) is 3.41. The van der Waals surface area contributed by atoms with E-state index in [1.165, 1.54) is 6.07 Å². The minimum absolute atomic E-state index is 0.0185. The van der Waals surface area contributed by atoms with Crippen LogP contribution in [0.3, 0.4) is 0 Å². The van der Waals surface area contributed by atoms with E-state index >= 15 is 0 Å². The molecular weight excluding hydrogens is 254 g/mol. The second-order valence-corrected chi connectivity index (χ2v) is 4.02. The molecule has 0 fully saturated rings. The predicted molar refractivity (Wildman–Crippen MR) is 69.3 cm³/mol. The molecule has 0 radical (unpaired) electrons. The fourth-order valence-corrected chi connectivity index (χ4v) is 1.58. The fourth-order valence-electron chi connectivity index (χ4n) is 1.46. The number of rotatable bonds is 3. The van der Waals surface area contributed by atoms with Gasteiger partial charge in [-0.25, -0.2) is 4.79 Å². The van der Waals surface area contributed by atoms with Crippen LogP contribution in [0.15, 0.2) is 42.5 Å². The molecule has 3 N–H and O–H groups in total. The molecule has 0 aliphatic rings. The first-order valence-corrected chi connectivity index (χ1v) is 5.51. The Labute approximate surface area is 109 Å². The molecule has 2 aromatic carbocycles. The topological polar surface area (TPSA) is 72.6 Å². The number of para-hydroxylation sites is 1. The van der Waals surface area contributed by atoms with Crippen molar-refractivity contribution in [1.82, 2.24) is 0 Å². The smallest absolute Gasteiger partial charge is 0.339 e. The normalized spacial score (nSPS) is 10.1. The van der Waals surface area contributed by atoms with Gasteiger partial charge in [-0.3, -0.25) is 0 Å². The van der Waals surface area contributed by atoms with Gasteiger partial charge in [0.2, 0.25) is 0 Å². The van der Waals surface area contributed by atoms with E-state index in [0.29, 0.717) is 10.8 Å². The number of nitrogens with two attached hydrogens (primary N) is 1. The number of hydrogen-bond acceptors (Lipinski definition) is 3. The van der Waals surface area contributed by atoms with Crippen molar-refractivity contribution in [2.75, 3.05) is 5.73 Å². The Bertz CT molecular complexity index is 581. The van der Waals surface area contributed by atoms with Crippen LogP contribution in [0.25, 0.3) is 0 Å². The summed E-state index contributed by atoms with van der Waals surface area (Å²) in [5.74, 6) is -0.488. The number of halogens is 1. The first-order chi connectivity index (χ1) is 8.58. The number of nitrogen functional groups attached to an aromatic ring is 1. The van der Waals surface area contributed by atoms with E-state index in [9.17, 15) is 4.79 Å². The SMILES string of the molecule is Nc1cccc(C(=O)O)c1Oc1ccc(Cl)cc1. The average molecular weight is 264 g/mol. The third kappa shape index (κ3) is 2.55. The van der Waals surface area contributed by atoms with Crippen LogP contribution in [0.5, 0.6) is 11.5 Å². The van der Waals surface area contributed by atoms with Crippen molar-refractivity contribution in [2.24, 2.45) is 0 Å². The van der Waals surface area contributed by atoms with Crippen molar-refractivity contribution in [2.45, 2.75) is 0 Å². The first-order valence-electron chi connectivity index (χ1n) is 5.13. The summed E-state index contributed by atoms with van der Waals surface area (Å²) in [4.78, 5) is 11.1. The highest BCUT2D eigenvalue weighted by Crippen LogP contribution is 2.31. The third-order valence-corrected chi connectivity index (χ3v) is 2.56. The van der Waals surface area contributed by atoms with Crippen LogP contribution in [0, 0.1) is 0 Å². The van der Waals surface area contributed by atoms with Crippen molar-refractivity contribution in [1.29, 1.82) is 0 Å². The lowest BCUT2D eigenvalue weighted by Gasteiger charge is -2.11. The van der Waals surface area contributed by atoms with E-state index in [1.54, 1.807) is 36.4 Å². The molecule has 0 amide bonds. The van der Waals surface area contributed by atoms with E-state index in [-0.39, 0.29) is 17.0 Å². The van der Waals surface area contributed by atoms with Crippen molar-refractivity contribution in [3.05, 3.63) is 53.1 Å². The Balaban J connectivity index is 2.39. The van der Waals surface area contributed by atoms with Gasteiger partial charge in [0, 0.05) is 5.02 Å². The van der Waals surface area contributed by atoms with Gasteiger partial charge >= 0.3 is 5.97 Å². The number of carboxylic acids is 1. The molecule has 0 aliphatic heterocycles. The highest BCUT2D eigenvalue weighted by atomic mass is 35.5. The third-order valence-electron chi connectivity index (χ3n) is 2.31. The van der Waals surface area contributed by atoms with Gasteiger partial charge in [0.15, 0.2) is 5.75 Å². The first kappa shape index (κ1) is 12.3. The lowest BCUT2D eigenvalue weighted by Crippen LogP contribution is -2.02. The number of ether oxygens (including phenoxy) is 1. The lowest BCUT2D eigenvalue weighted by molar-refractivity contribution is 0.0694. The quantitative estimate of drug-likeness (QED) is 0.833. The van der Waals surface area contributed by atoms with Gasteiger partial charge in [0.25, 0.3) is 0 Å². The summed E-state index contributed by atoms with van der Waals surface area (Å²) in [7, 11) is 0. The van der Waals surface area contributed by atoms with Crippen LogP contribution < -0.4 is 10.5 Å². The standard InChI is InChI=1S/C13H10ClNO3/c14-8-4-6-9(7-5-8)18-12-10(13(16)17)2-1-3-11(12)15/h1-7H,15H2,(H,16,17). The molecule has 0 saturated heterocycles. The Kier molecular flexibility index (Phi) is 3.39. The van der Waals surface area contributed by atoms with Gasteiger partial charge in [-0.05, 0) is 36.4 Å². The van der Waals surface area contributed by atoms with Gasteiger partial charge < -0.3 is 15.6 Å². The molecule has 5 heteroatoms. The number of carboxylic acid groups (broad SMARTS) is 1. The molecule has 0 unspecified atom stereocenters. The van der Waals surface area contributed by atoms with E-state index < -0.39 is 5.97 Å². The van der Waals surface area contributed by atoms with E-state index in [0.717, 1.165) is 0 Å². The van der Waals surface area contributed by atoms with Crippen LogP contribution in [-0.2, 0) is 0 Å². The zero-order valence-electron chi connectivity index (χ0n) is 9.26. The molecule has 4 nitrogen and oxygen atoms in total. The number of benzene rings is 2. The van der Waals surface area contributed by atoms with E-state index in [4.69, 9.17) is 27.2 Å². The molecule has 0 spiro atoms. The summed E-state index contributed by atoms with van der Waals surface area (Å²) in [6, 6.07) is 11.2. The summed E-state index contributed by atoms with van der Waals surface area (Å²) in [6.07, 6.45) is 0. The summed E-state index contributed by atoms with van der Waals surface area (Å²) in [6.45, 7) is 0. The maximum atomic E-state index is 11.1. The summed E-state index contributed by atoms with van der Waals surface area (Å²) >= 11 is 5.75. The van der Waals surface area contributed by atoms with Gasteiger partial charge in [0.05, 0.1) is 5.69 Å². The summed E-state index contributed by atoms with van der Waals surface area (Å²) in [5, 5.41) is 9.63. The molecule has 0 heterocycles. The summed E-state index contributed by atoms with van der Waals surface area (Å²) < 4.78 is 5.49. The molecule has 2 aromatic rings. The minimum Gasteiger partial charge on any atom is -0.478 e. The largest absolute Gasteiger partial charge is 0.478 e. The van der Waals surface area contributed by atoms with Crippen molar-refractivity contribution < 1.29 is 14.6 Å². The molecular formula is C13H10ClNO3. The van der Waals surface area contributed by atoms with Gasteiger partial charge in [-0.15, -0.1) is 0 Å². The maximum Gasteiger partial charge on any atom is 0.339 e. The highest BCUT2D eigenvalue weighted by Gasteiger charge is 2.14. The lowest BCUT2D eigenvalue weighted by atomic mass is 10.1. The second-order valence-electron chi connectivity index (χ2n) is 3.59. The monoisotopic (exact) mass is 263 g/mol. The van der Waals surface area contributed by atoms with E-state index in [1.807, 2.05) is 0 Å². The van der Waals surface area contributed by atoms with Crippen LogP contribution in [0.4, 0.5) is 5.69 Å². The molecule has 92 valence electrons. The zero-order valence-corrected chi connectivity index (χ0v) is 10.0. The molecule has 0 aliphatic carbocycles. The second kappa shape index (κ2) is 4.98. The number of anilines is 1. The molecule has 2 rings (SSSR count). The van der Waals surface area contributed by atoms with Crippen LogP contribution in [0.1, 0.15) is 10.4 Å². The highest BCUT2D eigenvalue weighted by molar-refractivity contribution is 6.30. The molecule has 18 heavy (non-hydrogen) atoms. The Morgan fingerprint density at radius 1 is 1.17 bits per heavy atom. The molecule has 0 saturated carbocycles. The minimum atomic E-state index is -1.09. The average Bonchev–Trinajstić information content (AvgIpc) is 2.34. The Hall–Kier alpha value is -2.20. The number of hydrogen-bond donors (Lipinski definition) is 2. The molecule has 0 bridgehead atoms. The van der Waals surface area contributed by atoms with Gasteiger partial charge in [-0.1, -0.05) is 17.7 Å². The summed E-state index contributed by atoms with van der Waals surface area (Å²) in [5.41, 5.74) is 6.01. The Morgan fingerprint density at radius 2 is 1.83 bits per heavy atom. The van der Waals surface area contributed by atoms with Crippen molar-refractivity contribution >= 4 is 23.3 Å². The van der Waals surface area contributed by atoms with Crippen LogP contribution in [-0.4, -0.2) is 11.1 Å². The van der Waals surface area contributed by atoms with Crippen molar-refractivity contribution in [3.8, 4) is 11.5 Å². The van der Waals surface area contributed by atoms with Gasteiger partial charge in [-0.2, -0.15) is 0 Å². The van der Waals surface area contributed by atoms with Gasteiger partial charge in [0.1, 0.15) is 11.3 Å². The van der Waals surface area contributed by atoms with E-state index in [2.05, 4.69) is 0 Å².